The molecular weight excluding hydrogens is 470 g/mol. The monoisotopic (exact) mass is 487 g/mol. The molecule has 0 aliphatic rings. The van der Waals surface area contributed by atoms with Crippen LogP contribution >= 0.6 is 15.9 Å². The van der Waals surface area contributed by atoms with Gasteiger partial charge in [0, 0.05) is 26.9 Å². The smallest absolute Gasteiger partial charge is 0.271 e. The molecular formula is C25H18BrN3O3. The van der Waals surface area contributed by atoms with E-state index in [4.69, 9.17) is 0 Å². The molecule has 0 aromatic heterocycles. The molecule has 0 heterocycles. The summed E-state index contributed by atoms with van der Waals surface area (Å²) in [6.45, 7) is 0. The number of rotatable bonds is 5. The largest absolute Gasteiger partial charge is 0.507 e. The van der Waals surface area contributed by atoms with Crippen molar-refractivity contribution < 1.29 is 14.7 Å². The summed E-state index contributed by atoms with van der Waals surface area (Å²) in [5, 5.41) is 18.7. The van der Waals surface area contributed by atoms with Crippen LogP contribution in [-0.2, 0) is 0 Å². The van der Waals surface area contributed by atoms with Crippen LogP contribution in [0.4, 0.5) is 5.69 Å². The molecule has 0 saturated heterocycles. The summed E-state index contributed by atoms with van der Waals surface area (Å²) < 4.78 is 0.799. The van der Waals surface area contributed by atoms with Gasteiger partial charge in [0.05, 0.1) is 6.21 Å². The number of aromatic hydroxyl groups is 1. The number of carbonyl (C=O) groups excluding carboxylic acids is 2. The zero-order chi connectivity index (χ0) is 22.5. The number of phenolic OH excluding ortho intramolecular Hbond substituents is 1. The van der Waals surface area contributed by atoms with Gasteiger partial charge < -0.3 is 10.4 Å². The third-order valence-corrected chi connectivity index (χ3v) is 5.27. The molecule has 4 aromatic rings. The molecule has 6 nitrogen and oxygen atoms in total. The minimum Gasteiger partial charge on any atom is -0.507 e. The number of anilines is 1. The number of nitrogens with zero attached hydrogens (tertiary/aromatic N) is 1. The van der Waals surface area contributed by atoms with Gasteiger partial charge in [-0.2, -0.15) is 5.10 Å². The van der Waals surface area contributed by atoms with Crippen molar-refractivity contribution in [1.29, 1.82) is 0 Å². The lowest BCUT2D eigenvalue weighted by Crippen LogP contribution is -2.18. The average molecular weight is 488 g/mol. The molecule has 0 aliphatic heterocycles. The quantitative estimate of drug-likeness (QED) is 0.262. The van der Waals surface area contributed by atoms with Crippen LogP contribution in [0.5, 0.6) is 5.75 Å². The first-order chi connectivity index (χ1) is 15.5. The van der Waals surface area contributed by atoms with Crippen LogP contribution in [0.15, 0.2) is 94.5 Å². The van der Waals surface area contributed by atoms with Gasteiger partial charge in [0.2, 0.25) is 0 Å². The number of carbonyl (C=O) groups is 2. The Morgan fingerprint density at radius 1 is 0.844 bits per heavy atom. The summed E-state index contributed by atoms with van der Waals surface area (Å²) in [6, 6.07) is 24.6. The molecule has 32 heavy (non-hydrogen) atoms. The van der Waals surface area contributed by atoms with E-state index < -0.39 is 5.91 Å². The number of amides is 2. The Bertz CT molecular complexity index is 1350. The van der Waals surface area contributed by atoms with E-state index in [-0.39, 0.29) is 11.7 Å². The molecule has 2 amide bonds. The highest BCUT2D eigenvalue weighted by molar-refractivity contribution is 9.10. The minimum atomic E-state index is -0.445. The normalized spacial score (nSPS) is 10.9. The van der Waals surface area contributed by atoms with Crippen molar-refractivity contribution in [3.63, 3.8) is 0 Å². The van der Waals surface area contributed by atoms with Crippen LogP contribution in [-0.4, -0.2) is 23.1 Å². The number of halogens is 1. The molecule has 0 bridgehead atoms. The first-order valence-electron chi connectivity index (χ1n) is 9.72. The summed E-state index contributed by atoms with van der Waals surface area (Å²) in [7, 11) is 0. The summed E-state index contributed by atoms with van der Waals surface area (Å²) in [5.41, 5.74) is 4.28. The topological polar surface area (TPSA) is 90.8 Å². The van der Waals surface area contributed by atoms with Gasteiger partial charge >= 0.3 is 0 Å². The zero-order valence-electron chi connectivity index (χ0n) is 16.7. The van der Waals surface area contributed by atoms with E-state index in [2.05, 4.69) is 31.8 Å². The van der Waals surface area contributed by atoms with Crippen molar-refractivity contribution in [1.82, 2.24) is 5.43 Å². The third kappa shape index (κ3) is 4.84. The van der Waals surface area contributed by atoms with Crippen LogP contribution < -0.4 is 10.7 Å². The van der Waals surface area contributed by atoms with Gasteiger partial charge in [-0.3, -0.25) is 9.59 Å². The molecule has 4 aromatic carbocycles. The summed E-state index contributed by atoms with van der Waals surface area (Å²) in [6.07, 6.45) is 1.41. The maximum Gasteiger partial charge on any atom is 0.271 e. The van der Waals surface area contributed by atoms with Gasteiger partial charge in [-0.15, -0.1) is 0 Å². The van der Waals surface area contributed by atoms with Crippen LogP contribution in [0.1, 0.15) is 26.3 Å². The summed E-state index contributed by atoms with van der Waals surface area (Å²) in [5.74, 6) is -0.660. The van der Waals surface area contributed by atoms with Crippen molar-refractivity contribution >= 4 is 50.4 Å². The lowest BCUT2D eigenvalue weighted by molar-refractivity contribution is 0.0953. The molecule has 0 saturated carbocycles. The minimum absolute atomic E-state index is 0.0685. The Kier molecular flexibility index (Phi) is 6.28. The van der Waals surface area contributed by atoms with Gasteiger partial charge in [-0.1, -0.05) is 58.4 Å². The summed E-state index contributed by atoms with van der Waals surface area (Å²) >= 11 is 3.34. The molecule has 0 fully saturated rings. The van der Waals surface area contributed by atoms with Crippen molar-refractivity contribution in [3.8, 4) is 5.75 Å². The number of benzene rings is 4. The fraction of sp³-hybridized carbons (Fsp3) is 0. The van der Waals surface area contributed by atoms with E-state index in [1.807, 2.05) is 36.4 Å². The molecule has 0 unspecified atom stereocenters. The molecule has 0 radical (unpaired) electrons. The number of nitrogens with one attached hydrogen (secondary N) is 2. The number of hydrazone groups is 1. The fourth-order valence-corrected chi connectivity index (χ4v) is 3.61. The van der Waals surface area contributed by atoms with Crippen molar-refractivity contribution in [3.05, 3.63) is 106 Å². The summed E-state index contributed by atoms with van der Waals surface area (Å²) in [4.78, 5) is 25.0. The van der Waals surface area contributed by atoms with Crippen LogP contribution in [0.25, 0.3) is 10.8 Å². The van der Waals surface area contributed by atoms with E-state index in [1.165, 1.54) is 6.21 Å². The van der Waals surface area contributed by atoms with Crippen molar-refractivity contribution in [2.75, 3.05) is 5.32 Å². The predicted octanol–water partition coefficient (Wildman–Crippen LogP) is 5.32. The van der Waals surface area contributed by atoms with E-state index >= 15 is 0 Å². The molecule has 0 aliphatic carbocycles. The van der Waals surface area contributed by atoms with Gasteiger partial charge in [0.15, 0.2) is 0 Å². The van der Waals surface area contributed by atoms with Crippen molar-refractivity contribution in [2.24, 2.45) is 5.10 Å². The van der Waals surface area contributed by atoms with E-state index in [0.29, 0.717) is 22.4 Å². The van der Waals surface area contributed by atoms with Crippen LogP contribution in [0.3, 0.4) is 0 Å². The average Bonchev–Trinajstić information content (AvgIpc) is 2.80. The first kappa shape index (κ1) is 21.3. The number of phenols is 1. The maximum absolute atomic E-state index is 12.5. The molecule has 7 heteroatoms. The van der Waals surface area contributed by atoms with Crippen molar-refractivity contribution in [2.45, 2.75) is 0 Å². The number of hydrogen-bond donors (Lipinski definition) is 3. The van der Waals surface area contributed by atoms with Gasteiger partial charge in [-0.05, 0) is 53.2 Å². The van der Waals surface area contributed by atoms with Crippen LogP contribution in [0, 0.1) is 0 Å². The highest BCUT2D eigenvalue weighted by Gasteiger charge is 2.10. The van der Waals surface area contributed by atoms with E-state index in [9.17, 15) is 14.7 Å². The predicted molar refractivity (Wildman–Crippen MR) is 129 cm³/mol. The van der Waals surface area contributed by atoms with Gasteiger partial charge in [0.25, 0.3) is 11.8 Å². The molecule has 158 valence electrons. The highest BCUT2D eigenvalue weighted by Crippen LogP contribution is 2.25. The number of hydrogen-bond acceptors (Lipinski definition) is 4. The zero-order valence-corrected chi connectivity index (χ0v) is 18.3. The van der Waals surface area contributed by atoms with Gasteiger partial charge in [-0.25, -0.2) is 5.43 Å². The maximum atomic E-state index is 12.5. The molecule has 4 rings (SSSR count). The number of fused-ring (bicyclic) bond motifs is 1. The Hall–Kier alpha value is -3.97. The fourth-order valence-electron chi connectivity index (χ4n) is 3.21. The molecule has 0 spiro atoms. The second kappa shape index (κ2) is 9.45. The second-order valence-electron chi connectivity index (χ2n) is 6.96. The second-order valence-corrected chi connectivity index (χ2v) is 7.88. The van der Waals surface area contributed by atoms with E-state index in [1.54, 1.807) is 48.5 Å². The first-order valence-corrected chi connectivity index (χ1v) is 10.5. The Labute approximate surface area is 192 Å². The Balaban J connectivity index is 1.47. The third-order valence-electron chi connectivity index (χ3n) is 4.78. The lowest BCUT2D eigenvalue weighted by Gasteiger charge is -2.08. The Morgan fingerprint density at radius 3 is 2.41 bits per heavy atom. The lowest BCUT2D eigenvalue weighted by atomic mass is 10.0. The standard InChI is InChI=1S/C25H18BrN3O3/c26-19-8-3-6-17(13-19)24(31)28-20-9-4-7-18(14-20)25(32)29-27-15-22-21-10-2-1-5-16(21)11-12-23(22)30/h1-15,30H,(H,28,31)(H,29,32). The molecule has 3 N–H and O–H groups in total. The van der Waals surface area contributed by atoms with Crippen LogP contribution in [0.2, 0.25) is 0 Å². The SMILES string of the molecule is O=C(NN=Cc1c(O)ccc2ccccc12)c1cccc(NC(=O)c2cccc(Br)c2)c1. The highest BCUT2D eigenvalue weighted by atomic mass is 79.9. The van der Waals surface area contributed by atoms with E-state index in [0.717, 1.165) is 15.2 Å². The molecule has 0 atom stereocenters. The Morgan fingerprint density at radius 2 is 1.59 bits per heavy atom. The van der Waals surface area contributed by atoms with Gasteiger partial charge in [0.1, 0.15) is 5.75 Å².